The highest BCUT2D eigenvalue weighted by Gasteiger charge is 2.35. The Kier molecular flexibility index (Phi) is 2.89. The largest absolute Gasteiger partial charge is 0.347 e. The number of hydrogen-bond acceptors (Lipinski definition) is 2. The van der Waals surface area contributed by atoms with Gasteiger partial charge in [-0.3, -0.25) is 0 Å². The average molecular weight is 184 g/mol. The maximum Gasteiger partial charge on any atom is 0.161 e. The van der Waals surface area contributed by atoms with Crippen LogP contribution in [0.15, 0.2) is 0 Å². The third-order valence-electron chi connectivity index (χ3n) is 3.39. The highest BCUT2D eigenvalue weighted by molar-refractivity contribution is 4.76. The Labute approximate surface area is 80.6 Å². The van der Waals surface area contributed by atoms with Gasteiger partial charge in [0, 0.05) is 5.92 Å². The normalized spacial score (nSPS) is 42.5. The molecule has 1 saturated carbocycles. The lowest BCUT2D eigenvalue weighted by atomic mass is 9.89. The van der Waals surface area contributed by atoms with Crippen LogP contribution in [0, 0.1) is 5.92 Å². The first-order chi connectivity index (χ1) is 6.27. The van der Waals surface area contributed by atoms with Crippen LogP contribution in [-0.4, -0.2) is 18.5 Å². The van der Waals surface area contributed by atoms with Crippen molar-refractivity contribution in [1.82, 2.24) is 0 Å². The summed E-state index contributed by atoms with van der Waals surface area (Å²) in [7, 11) is 0. The molecule has 1 aliphatic carbocycles. The summed E-state index contributed by atoms with van der Waals surface area (Å²) in [4.78, 5) is 0. The smallest absolute Gasteiger partial charge is 0.161 e. The molecule has 2 fully saturated rings. The molecule has 2 aliphatic rings. The lowest BCUT2D eigenvalue weighted by Gasteiger charge is -2.26. The molecule has 0 aromatic rings. The number of hydrogen-bond donors (Lipinski definition) is 0. The van der Waals surface area contributed by atoms with E-state index in [2.05, 4.69) is 13.8 Å². The SMILES string of the molecule is CC1OC(C2CCCCC2)OC1C. The molecule has 2 unspecified atom stereocenters. The summed E-state index contributed by atoms with van der Waals surface area (Å²) >= 11 is 0. The van der Waals surface area contributed by atoms with Crippen LogP contribution < -0.4 is 0 Å². The molecule has 0 N–H and O–H groups in total. The molecule has 76 valence electrons. The zero-order valence-corrected chi connectivity index (χ0v) is 8.66. The van der Waals surface area contributed by atoms with Crippen molar-refractivity contribution in [2.75, 3.05) is 0 Å². The molecular formula is C11H20O2. The molecule has 2 rings (SSSR count). The van der Waals surface area contributed by atoms with E-state index in [0.29, 0.717) is 5.92 Å². The highest BCUT2D eigenvalue weighted by Crippen LogP contribution is 2.33. The molecule has 2 heteroatoms. The minimum atomic E-state index is 0.102. The predicted octanol–water partition coefficient (Wildman–Crippen LogP) is 2.72. The average Bonchev–Trinajstić information content (AvgIpc) is 2.49. The van der Waals surface area contributed by atoms with E-state index in [-0.39, 0.29) is 18.5 Å². The van der Waals surface area contributed by atoms with Crippen molar-refractivity contribution in [2.24, 2.45) is 5.92 Å². The quantitative estimate of drug-likeness (QED) is 0.624. The maximum atomic E-state index is 5.79. The van der Waals surface area contributed by atoms with Crippen LogP contribution in [0.4, 0.5) is 0 Å². The van der Waals surface area contributed by atoms with Gasteiger partial charge in [-0.25, -0.2) is 0 Å². The first-order valence-corrected chi connectivity index (χ1v) is 5.58. The summed E-state index contributed by atoms with van der Waals surface area (Å²) in [5, 5.41) is 0. The Morgan fingerprint density at radius 2 is 1.38 bits per heavy atom. The van der Waals surface area contributed by atoms with Crippen molar-refractivity contribution < 1.29 is 9.47 Å². The van der Waals surface area contributed by atoms with Crippen LogP contribution in [0.5, 0.6) is 0 Å². The van der Waals surface area contributed by atoms with Crippen LogP contribution in [0.25, 0.3) is 0 Å². The van der Waals surface area contributed by atoms with E-state index in [1.807, 2.05) is 0 Å². The van der Waals surface area contributed by atoms with Gasteiger partial charge < -0.3 is 9.47 Å². The van der Waals surface area contributed by atoms with Crippen LogP contribution >= 0.6 is 0 Å². The van der Waals surface area contributed by atoms with Crippen LogP contribution in [0.2, 0.25) is 0 Å². The van der Waals surface area contributed by atoms with Crippen LogP contribution in [-0.2, 0) is 9.47 Å². The van der Waals surface area contributed by atoms with Gasteiger partial charge in [0.2, 0.25) is 0 Å². The van der Waals surface area contributed by atoms with Crippen molar-refractivity contribution in [2.45, 2.75) is 64.4 Å². The van der Waals surface area contributed by atoms with E-state index in [1.54, 1.807) is 0 Å². The second kappa shape index (κ2) is 3.97. The first kappa shape index (κ1) is 9.47. The Balaban J connectivity index is 1.87. The highest BCUT2D eigenvalue weighted by atomic mass is 16.7. The maximum absolute atomic E-state index is 5.79. The molecule has 2 atom stereocenters. The van der Waals surface area contributed by atoms with E-state index >= 15 is 0 Å². The van der Waals surface area contributed by atoms with Gasteiger partial charge >= 0.3 is 0 Å². The Morgan fingerprint density at radius 3 is 1.92 bits per heavy atom. The van der Waals surface area contributed by atoms with Gasteiger partial charge in [0.15, 0.2) is 6.29 Å². The van der Waals surface area contributed by atoms with Crippen molar-refractivity contribution in [3.63, 3.8) is 0 Å². The van der Waals surface area contributed by atoms with E-state index in [0.717, 1.165) is 0 Å². The van der Waals surface area contributed by atoms with Crippen LogP contribution in [0.3, 0.4) is 0 Å². The third kappa shape index (κ3) is 2.05. The molecule has 0 aromatic heterocycles. The fourth-order valence-electron chi connectivity index (χ4n) is 2.31. The first-order valence-electron chi connectivity index (χ1n) is 5.58. The fourth-order valence-corrected chi connectivity index (χ4v) is 2.31. The molecule has 0 amide bonds. The molecule has 0 aromatic carbocycles. The summed E-state index contributed by atoms with van der Waals surface area (Å²) in [6.45, 7) is 4.21. The van der Waals surface area contributed by atoms with Gasteiger partial charge in [0.1, 0.15) is 0 Å². The van der Waals surface area contributed by atoms with Crippen molar-refractivity contribution >= 4 is 0 Å². The molecule has 1 aliphatic heterocycles. The molecular weight excluding hydrogens is 164 g/mol. The Bertz CT molecular complexity index is 153. The summed E-state index contributed by atoms with van der Waals surface area (Å²) < 4.78 is 11.6. The van der Waals surface area contributed by atoms with E-state index < -0.39 is 0 Å². The second-order valence-corrected chi connectivity index (χ2v) is 4.45. The molecule has 1 saturated heterocycles. The van der Waals surface area contributed by atoms with Gasteiger partial charge in [-0.05, 0) is 26.7 Å². The molecule has 0 spiro atoms. The van der Waals surface area contributed by atoms with Gasteiger partial charge in [-0.15, -0.1) is 0 Å². The number of rotatable bonds is 1. The number of ether oxygens (including phenoxy) is 2. The van der Waals surface area contributed by atoms with Crippen molar-refractivity contribution in [3.05, 3.63) is 0 Å². The van der Waals surface area contributed by atoms with Gasteiger partial charge in [-0.2, -0.15) is 0 Å². The third-order valence-corrected chi connectivity index (χ3v) is 3.39. The molecule has 2 nitrogen and oxygen atoms in total. The van der Waals surface area contributed by atoms with E-state index in [9.17, 15) is 0 Å². The van der Waals surface area contributed by atoms with Gasteiger partial charge in [0.05, 0.1) is 12.2 Å². The monoisotopic (exact) mass is 184 g/mol. The minimum absolute atomic E-state index is 0.102. The van der Waals surface area contributed by atoms with Crippen LogP contribution in [0.1, 0.15) is 46.0 Å². The summed E-state index contributed by atoms with van der Waals surface area (Å²) in [5.41, 5.74) is 0. The van der Waals surface area contributed by atoms with Crippen molar-refractivity contribution in [1.29, 1.82) is 0 Å². The standard InChI is InChI=1S/C11H20O2/c1-8-9(2)13-11(12-8)10-6-4-3-5-7-10/h8-11H,3-7H2,1-2H3. The lowest BCUT2D eigenvalue weighted by molar-refractivity contribution is -0.109. The lowest BCUT2D eigenvalue weighted by Crippen LogP contribution is -2.24. The topological polar surface area (TPSA) is 18.5 Å². The van der Waals surface area contributed by atoms with E-state index in [1.165, 1.54) is 32.1 Å². The summed E-state index contributed by atoms with van der Waals surface area (Å²) in [6, 6.07) is 0. The summed E-state index contributed by atoms with van der Waals surface area (Å²) in [5.74, 6) is 0.668. The molecule has 0 radical (unpaired) electrons. The predicted molar refractivity (Wildman–Crippen MR) is 51.5 cm³/mol. The summed E-state index contributed by atoms with van der Waals surface area (Å²) in [6.07, 6.45) is 7.37. The Hall–Kier alpha value is -0.0800. The Morgan fingerprint density at radius 1 is 0.846 bits per heavy atom. The van der Waals surface area contributed by atoms with Gasteiger partial charge in [0.25, 0.3) is 0 Å². The molecule has 0 bridgehead atoms. The van der Waals surface area contributed by atoms with Crippen molar-refractivity contribution in [3.8, 4) is 0 Å². The van der Waals surface area contributed by atoms with E-state index in [4.69, 9.17) is 9.47 Å². The zero-order chi connectivity index (χ0) is 9.26. The minimum Gasteiger partial charge on any atom is -0.347 e. The fraction of sp³-hybridized carbons (Fsp3) is 1.00. The second-order valence-electron chi connectivity index (χ2n) is 4.45. The molecule has 13 heavy (non-hydrogen) atoms. The molecule has 1 heterocycles. The zero-order valence-electron chi connectivity index (χ0n) is 8.66. The van der Waals surface area contributed by atoms with Gasteiger partial charge in [-0.1, -0.05) is 19.3 Å².